The first-order valence-corrected chi connectivity index (χ1v) is 8.21. The summed E-state index contributed by atoms with van der Waals surface area (Å²) in [6.07, 6.45) is -2.74. The molecule has 122 valence electrons. The van der Waals surface area contributed by atoms with Gasteiger partial charge in [0.1, 0.15) is 0 Å². The molecule has 0 saturated heterocycles. The van der Waals surface area contributed by atoms with E-state index in [0.29, 0.717) is 19.3 Å². The fraction of sp³-hybridized carbons (Fsp3) is 0.562. The molecule has 1 N–H and O–H groups in total. The van der Waals surface area contributed by atoms with Crippen molar-refractivity contribution in [3.05, 3.63) is 34.3 Å². The van der Waals surface area contributed by atoms with Crippen molar-refractivity contribution in [2.75, 3.05) is 0 Å². The van der Waals surface area contributed by atoms with Crippen LogP contribution in [0.5, 0.6) is 0 Å². The fourth-order valence-electron chi connectivity index (χ4n) is 3.02. The Morgan fingerprint density at radius 2 is 2.00 bits per heavy atom. The van der Waals surface area contributed by atoms with Crippen LogP contribution in [0.4, 0.5) is 13.2 Å². The first-order valence-electron chi connectivity index (χ1n) is 7.41. The van der Waals surface area contributed by atoms with E-state index in [1.165, 1.54) is 0 Å². The molecular formula is C16H19BrF3NO. The molecule has 1 aromatic rings. The van der Waals surface area contributed by atoms with Crippen LogP contribution in [0.3, 0.4) is 0 Å². The van der Waals surface area contributed by atoms with Crippen LogP contribution in [0.25, 0.3) is 0 Å². The standard InChI is InChI=1S/C16H19BrF3NO/c1-10(11-5-4-6-12(17)9-11)21-15(22)13-7-2-3-8-14(13)16(18,19)20/h4-6,9-10,13-14H,2-3,7-8H2,1H3,(H,21,22). The van der Waals surface area contributed by atoms with Crippen molar-refractivity contribution in [1.82, 2.24) is 5.32 Å². The third kappa shape index (κ3) is 4.24. The number of nitrogens with one attached hydrogen (secondary N) is 1. The lowest BCUT2D eigenvalue weighted by molar-refractivity contribution is -0.198. The smallest absolute Gasteiger partial charge is 0.349 e. The summed E-state index contributed by atoms with van der Waals surface area (Å²) in [5.41, 5.74) is 0.863. The summed E-state index contributed by atoms with van der Waals surface area (Å²) >= 11 is 3.35. The molecule has 0 radical (unpaired) electrons. The largest absolute Gasteiger partial charge is 0.392 e. The second-order valence-electron chi connectivity index (χ2n) is 5.82. The van der Waals surface area contributed by atoms with Gasteiger partial charge in [0.15, 0.2) is 0 Å². The maximum Gasteiger partial charge on any atom is 0.392 e. The SMILES string of the molecule is CC(NC(=O)C1CCCCC1C(F)(F)F)c1cccc(Br)c1. The van der Waals surface area contributed by atoms with Crippen LogP contribution in [-0.2, 0) is 4.79 Å². The van der Waals surface area contributed by atoms with E-state index in [4.69, 9.17) is 0 Å². The summed E-state index contributed by atoms with van der Waals surface area (Å²) in [6, 6.07) is 7.08. The highest BCUT2D eigenvalue weighted by Gasteiger charge is 2.48. The van der Waals surface area contributed by atoms with E-state index in [2.05, 4.69) is 21.2 Å². The van der Waals surface area contributed by atoms with E-state index < -0.39 is 23.9 Å². The second-order valence-corrected chi connectivity index (χ2v) is 6.74. The molecule has 1 aromatic carbocycles. The maximum atomic E-state index is 13.1. The number of rotatable bonds is 3. The van der Waals surface area contributed by atoms with E-state index in [-0.39, 0.29) is 12.5 Å². The van der Waals surface area contributed by atoms with Crippen LogP contribution in [0.15, 0.2) is 28.7 Å². The van der Waals surface area contributed by atoms with Gasteiger partial charge in [-0.1, -0.05) is 40.9 Å². The molecule has 3 atom stereocenters. The summed E-state index contributed by atoms with van der Waals surface area (Å²) in [6.45, 7) is 1.78. The molecule has 1 aliphatic rings. The Morgan fingerprint density at radius 3 is 2.64 bits per heavy atom. The second kappa shape index (κ2) is 7.02. The summed E-state index contributed by atoms with van der Waals surface area (Å²) in [7, 11) is 0. The molecule has 6 heteroatoms. The van der Waals surface area contributed by atoms with Crippen LogP contribution in [0, 0.1) is 11.8 Å². The fourth-order valence-corrected chi connectivity index (χ4v) is 3.43. The molecular weight excluding hydrogens is 359 g/mol. The number of hydrogen-bond donors (Lipinski definition) is 1. The van der Waals surface area contributed by atoms with Gasteiger partial charge in [-0.15, -0.1) is 0 Å². The van der Waals surface area contributed by atoms with Gasteiger partial charge in [-0.2, -0.15) is 13.2 Å². The van der Waals surface area contributed by atoms with Crippen LogP contribution in [0.1, 0.15) is 44.2 Å². The Bertz CT molecular complexity index is 532. The lowest BCUT2D eigenvalue weighted by Gasteiger charge is -2.32. The number of alkyl halides is 3. The highest BCUT2D eigenvalue weighted by molar-refractivity contribution is 9.10. The zero-order chi connectivity index (χ0) is 16.3. The molecule has 1 saturated carbocycles. The Morgan fingerprint density at radius 1 is 1.32 bits per heavy atom. The van der Waals surface area contributed by atoms with Gasteiger partial charge in [0.05, 0.1) is 12.0 Å². The summed E-state index contributed by atoms with van der Waals surface area (Å²) in [4.78, 5) is 12.3. The molecule has 0 bridgehead atoms. The summed E-state index contributed by atoms with van der Waals surface area (Å²) in [5, 5.41) is 2.74. The Hall–Kier alpha value is -1.04. The number of benzene rings is 1. The highest BCUT2D eigenvalue weighted by Crippen LogP contribution is 2.41. The van der Waals surface area contributed by atoms with Crippen LogP contribution < -0.4 is 5.32 Å². The molecule has 2 rings (SSSR count). The van der Waals surface area contributed by atoms with Gasteiger partial charge in [-0.3, -0.25) is 4.79 Å². The van der Waals surface area contributed by atoms with Crippen molar-refractivity contribution in [3.63, 3.8) is 0 Å². The van der Waals surface area contributed by atoms with Crippen molar-refractivity contribution in [2.24, 2.45) is 11.8 Å². The van der Waals surface area contributed by atoms with Gasteiger partial charge in [0.25, 0.3) is 0 Å². The number of halogens is 4. The first kappa shape index (κ1) is 17.3. The predicted molar refractivity (Wildman–Crippen MR) is 82.2 cm³/mol. The van der Waals surface area contributed by atoms with Crippen molar-refractivity contribution < 1.29 is 18.0 Å². The van der Waals surface area contributed by atoms with Gasteiger partial charge in [0.2, 0.25) is 5.91 Å². The molecule has 22 heavy (non-hydrogen) atoms. The van der Waals surface area contributed by atoms with Gasteiger partial charge in [0, 0.05) is 10.4 Å². The third-order valence-electron chi connectivity index (χ3n) is 4.23. The average molecular weight is 378 g/mol. The molecule has 3 unspecified atom stereocenters. The monoisotopic (exact) mass is 377 g/mol. The first-order chi connectivity index (χ1) is 10.3. The quantitative estimate of drug-likeness (QED) is 0.789. The lowest BCUT2D eigenvalue weighted by atomic mass is 9.78. The van der Waals surface area contributed by atoms with E-state index in [0.717, 1.165) is 10.0 Å². The number of amides is 1. The topological polar surface area (TPSA) is 29.1 Å². The zero-order valence-corrected chi connectivity index (χ0v) is 13.9. The molecule has 1 aliphatic carbocycles. The predicted octanol–water partition coefficient (Wildman–Crippen LogP) is 5.00. The minimum Gasteiger partial charge on any atom is -0.349 e. The van der Waals surface area contributed by atoms with Crippen molar-refractivity contribution in [1.29, 1.82) is 0 Å². The van der Waals surface area contributed by atoms with E-state index in [1.54, 1.807) is 6.92 Å². The molecule has 0 aromatic heterocycles. The van der Waals surface area contributed by atoms with E-state index >= 15 is 0 Å². The number of carbonyl (C=O) groups is 1. The maximum absolute atomic E-state index is 13.1. The van der Waals surface area contributed by atoms with Crippen molar-refractivity contribution in [3.8, 4) is 0 Å². The van der Waals surface area contributed by atoms with Gasteiger partial charge >= 0.3 is 6.18 Å². The van der Waals surface area contributed by atoms with Crippen LogP contribution >= 0.6 is 15.9 Å². The molecule has 1 amide bonds. The minimum absolute atomic E-state index is 0.0485. The molecule has 0 spiro atoms. The molecule has 1 fully saturated rings. The Labute approximate surface area is 136 Å². The van der Waals surface area contributed by atoms with Crippen LogP contribution in [-0.4, -0.2) is 12.1 Å². The zero-order valence-electron chi connectivity index (χ0n) is 12.3. The number of carbonyl (C=O) groups excluding carboxylic acids is 1. The van der Waals surface area contributed by atoms with Gasteiger partial charge in [-0.25, -0.2) is 0 Å². The minimum atomic E-state index is -4.30. The Balaban J connectivity index is 2.06. The third-order valence-corrected chi connectivity index (χ3v) is 4.72. The van der Waals surface area contributed by atoms with Crippen molar-refractivity contribution in [2.45, 2.75) is 44.8 Å². The average Bonchev–Trinajstić information content (AvgIpc) is 2.46. The molecule has 0 heterocycles. The van der Waals surface area contributed by atoms with E-state index in [9.17, 15) is 18.0 Å². The van der Waals surface area contributed by atoms with Gasteiger partial charge < -0.3 is 5.32 Å². The molecule has 0 aliphatic heterocycles. The summed E-state index contributed by atoms with van der Waals surface area (Å²) < 4.78 is 40.1. The van der Waals surface area contributed by atoms with Crippen LogP contribution in [0.2, 0.25) is 0 Å². The summed E-state index contributed by atoms with van der Waals surface area (Å²) in [5.74, 6) is -2.98. The highest BCUT2D eigenvalue weighted by atomic mass is 79.9. The normalized spacial score (nSPS) is 23.9. The Kier molecular flexibility index (Phi) is 5.53. The number of hydrogen-bond acceptors (Lipinski definition) is 1. The van der Waals surface area contributed by atoms with Crippen molar-refractivity contribution >= 4 is 21.8 Å². The van der Waals surface area contributed by atoms with E-state index in [1.807, 2.05) is 24.3 Å². The molecule has 2 nitrogen and oxygen atoms in total. The van der Waals surface area contributed by atoms with Gasteiger partial charge in [-0.05, 0) is 37.5 Å². The lowest BCUT2D eigenvalue weighted by Crippen LogP contribution is -2.43.